The Morgan fingerprint density at radius 3 is 2.63 bits per heavy atom. The van der Waals surface area contributed by atoms with E-state index >= 15 is 0 Å². The third-order valence-corrected chi connectivity index (χ3v) is 3.93. The van der Waals surface area contributed by atoms with E-state index in [1.165, 1.54) is 11.1 Å². The molecule has 1 aromatic heterocycles. The summed E-state index contributed by atoms with van der Waals surface area (Å²) in [5, 5.41) is 0. The van der Waals surface area contributed by atoms with E-state index < -0.39 is 0 Å². The van der Waals surface area contributed by atoms with Crippen LogP contribution in [-0.4, -0.2) is 17.4 Å². The Balaban J connectivity index is 2.21. The van der Waals surface area contributed by atoms with Crippen molar-refractivity contribution in [2.24, 2.45) is 0 Å². The molecule has 0 fully saturated rings. The molecule has 4 heteroatoms. The first-order chi connectivity index (χ1) is 9.20. The highest BCUT2D eigenvalue weighted by molar-refractivity contribution is 9.10. The van der Waals surface area contributed by atoms with Crippen LogP contribution in [0.1, 0.15) is 11.1 Å². The lowest BCUT2D eigenvalue weighted by atomic mass is 10.2. The average molecular weight is 340 g/mol. The highest BCUT2D eigenvalue weighted by Gasteiger charge is 2.09. The fourth-order valence-electron chi connectivity index (χ4n) is 1.88. The molecule has 0 unspecified atom stereocenters. The van der Waals surface area contributed by atoms with E-state index in [9.17, 15) is 0 Å². The lowest BCUT2D eigenvalue weighted by Gasteiger charge is -2.23. The standard InChI is InChI=1S/C15H16BrClN2/c1-12-9-15(18-10-14(12)16)19(8-7-17)11-13-5-3-2-4-6-13/h2-6,9-10H,7-8,11H2,1H3. The molecular weight excluding hydrogens is 324 g/mol. The van der Waals surface area contributed by atoms with Crippen LogP contribution in [0.4, 0.5) is 5.82 Å². The van der Waals surface area contributed by atoms with Gasteiger partial charge in [0, 0.05) is 29.6 Å². The van der Waals surface area contributed by atoms with Crippen molar-refractivity contribution in [3.05, 3.63) is 58.2 Å². The Morgan fingerprint density at radius 2 is 2.00 bits per heavy atom. The molecule has 0 saturated heterocycles. The van der Waals surface area contributed by atoms with Gasteiger partial charge in [0.2, 0.25) is 0 Å². The molecule has 0 radical (unpaired) electrons. The van der Waals surface area contributed by atoms with Gasteiger partial charge >= 0.3 is 0 Å². The Hall–Kier alpha value is -1.06. The van der Waals surface area contributed by atoms with Crippen LogP contribution in [0.5, 0.6) is 0 Å². The van der Waals surface area contributed by atoms with Crippen molar-refractivity contribution in [2.75, 3.05) is 17.3 Å². The van der Waals surface area contributed by atoms with Crippen molar-refractivity contribution in [3.63, 3.8) is 0 Å². The van der Waals surface area contributed by atoms with Gasteiger partial charge in [-0.1, -0.05) is 30.3 Å². The smallest absolute Gasteiger partial charge is 0.129 e. The first-order valence-electron chi connectivity index (χ1n) is 6.17. The summed E-state index contributed by atoms with van der Waals surface area (Å²) in [6, 6.07) is 12.4. The highest BCUT2D eigenvalue weighted by atomic mass is 79.9. The molecule has 2 nitrogen and oxygen atoms in total. The summed E-state index contributed by atoms with van der Waals surface area (Å²) >= 11 is 9.38. The number of hydrogen-bond acceptors (Lipinski definition) is 2. The summed E-state index contributed by atoms with van der Waals surface area (Å²) < 4.78 is 1.03. The number of nitrogens with zero attached hydrogens (tertiary/aromatic N) is 2. The van der Waals surface area contributed by atoms with Gasteiger partial charge < -0.3 is 4.90 Å². The third kappa shape index (κ3) is 3.95. The first-order valence-corrected chi connectivity index (χ1v) is 7.50. The van der Waals surface area contributed by atoms with Crippen LogP contribution in [0.25, 0.3) is 0 Å². The maximum Gasteiger partial charge on any atom is 0.129 e. The van der Waals surface area contributed by atoms with E-state index in [2.05, 4.69) is 63.1 Å². The second-order valence-corrected chi connectivity index (χ2v) is 5.62. The number of alkyl halides is 1. The van der Waals surface area contributed by atoms with Crippen molar-refractivity contribution < 1.29 is 0 Å². The summed E-state index contributed by atoms with van der Waals surface area (Å²) in [7, 11) is 0. The predicted molar refractivity (Wildman–Crippen MR) is 84.9 cm³/mol. The van der Waals surface area contributed by atoms with E-state index in [0.717, 1.165) is 23.4 Å². The minimum absolute atomic E-state index is 0.587. The van der Waals surface area contributed by atoms with Crippen LogP contribution in [0.3, 0.4) is 0 Å². The number of rotatable bonds is 5. The number of pyridine rings is 1. The van der Waals surface area contributed by atoms with Crippen molar-refractivity contribution in [1.82, 2.24) is 4.98 Å². The number of halogens is 2. The summed E-state index contributed by atoms with van der Waals surface area (Å²) in [6.07, 6.45) is 1.84. The minimum atomic E-state index is 0.587. The van der Waals surface area contributed by atoms with Crippen molar-refractivity contribution in [3.8, 4) is 0 Å². The highest BCUT2D eigenvalue weighted by Crippen LogP contribution is 2.21. The fraction of sp³-hybridized carbons (Fsp3) is 0.267. The van der Waals surface area contributed by atoms with Gasteiger partial charge in [0.1, 0.15) is 5.82 Å². The number of aryl methyl sites for hydroxylation is 1. The predicted octanol–water partition coefficient (Wildman–Crippen LogP) is 4.40. The Bertz CT molecular complexity index is 531. The fourth-order valence-corrected chi connectivity index (χ4v) is 2.30. The summed E-state index contributed by atoms with van der Waals surface area (Å²) in [6.45, 7) is 3.67. The number of anilines is 1. The van der Waals surface area contributed by atoms with Gasteiger partial charge in [-0.2, -0.15) is 0 Å². The normalized spacial score (nSPS) is 10.5. The van der Waals surface area contributed by atoms with Crippen LogP contribution in [-0.2, 0) is 6.54 Å². The zero-order valence-electron chi connectivity index (χ0n) is 10.8. The van der Waals surface area contributed by atoms with Gasteiger partial charge in [-0.25, -0.2) is 4.98 Å². The summed E-state index contributed by atoms with van der Waals surface area (Å²) in [4.78, 5) is 6.67. The summed E-state index contributed by atoms with van der Waals surface area (Å²) in [5.41, 5.74) is 2.44. The van der Waals surface area contributed by atoms with Gasteiger partial charge in [-0.15, -0.1) is 11.6 Å². The van der Waals surface area contributed by atoms with Crippen LogP contribution in [0.15, 0.2) is 47.1 Å². The molecule has 0 aliphatic rings. The Kier molecular flexibility index (Phi) is 5.23. The Morgan fingerprint density at radius 1 is 1.26 bits per heavy atom. The lowest BCUT2D eigenvalue weighted by molar-refractivity contribution is 0.815. The second kappa shape index (κ2) is 6.92. The minimum Gasteiger partial charge on any atom is -0.351 e. The molecule has 1 heterocycles. The molecule has 0 spiro atoms. The quantitative estimate of drug-likeness (QED) is 0.751. The molecule has 1 aromatic carbocycles. The van der Waals surface area contributed by atoms with Gasteiger partial charge in [0.05, 0.1) is 0 Å². The first kappa shape index (κ1) is 14.4. The molecule has 0 bridgehead atoms. The monoisotopic (exact) mass is 338 g/mol. The average Bonchev–Trinajstić information content (AvgIpc) is 2.43. The van der Waals surface area contributed by atoms with Gasteiger partial charge in [0.25, 0.3) is 0 Å². The van der Waals surface area contributed by atoms with E-state index in [4.69, 9.17) is 11.6 Å². The van der Waals surface area contributed by atoms with Crippen molar-refractivity contribution in [2.45, 2.75) is 13.5 Å². The molecule has 2 aromatic rings. The number of aromatic nitrogens is 1. The molecule has 2 rings (SSSR count). The van der Waals surface area contributed by atoms with E-state index in [-0.39, 0.29) is 0 Å². The topological polar surface area (TPSA) is 16.1 Å². The SMILES string of the molecule is Cc1cc(N(CCCl)Cc2ccccc2)ncc1Br. The van der Waals surface area contributed by atoms with E-state index in [1.54, 1.807) is 0 Å². The number of benzene rings is 1. The molecule has 100 valence electrons. The van der Waals surface area contributed by atoms with Crippen molar-refractivity contribution >= 4 is 33.3 Å². The largest absolute Gasteiger partial charge is 0.351 e. The maximum atomic E-state index is 5.90. The molecule has 0 atom stereocenters. The molecule has 0 aliphatic carbocycles. The van der Waals surface area contributed by atoms with Gasteiger partial charge in [-0.05, 0) is 40.0 Å². The molecular formula is C15H16BrClN2. The number of hydrogen-bond donors (Lipinski definition) is 0. The van der Waals surface area contributed by atoms with Gasteiger partial charge in [0.15, 0.2) is 0 Å². The zero-order valence-corrected chi connectivity index (χ0v) is 13.2. The Labute approximate surface area is 127 Å². The zero-order chi connectivity index (χ0) is 13.7. The molecule has 0 aliphatic heterocycles. The third-order valence-electron chi connectivity index (χ3n) is 2.93. The second-order valence-electron chi connectivity index (χ2n) is 4.39. The molecule has 19 heavy (non-hydrogen) atoms. The van der Waals surface area contributed by atoms with Crippen molar-refractivity contribution in [1.29, 1.82) is 0 Å². The van der Waals surface area contributed by atoms with E-state index in [0.29, 0.717) is 5.88 Å². The van der Waals surface area contributed by atoms with Crippen LogP contribution in [0, 0.1) is 6.92 Å². The van der Waals surface area contributed by atoms with Crippen LogP contribution >= 0.6 is 27.5 Å². The summed E-state index contributed by atoms with van der Waals surface area (Å²) in [5.74, 6) is 1.55. The van der Waals surface area contributed by atoms with Gasteiger partial charge in [-0.3, -0.25) is 0 Å². The lowest BCUT2D eigenvalue weighted by Crippen LogP contribution is -2.25. The molecule has 0 amide bonds. The van der Waals surface area contributed by atoms with E-state index in [1.807, 2.05) is 12.3 Å². The molecule has 0 saturated carbocycles. The maximum absolute atomic E-state index is 5.90. The van der Waals surface area contributed by atoms with Crippen LogP contribution < -0.4 is 4.90 Å². The molecule has 0 N–H and O–H groups in total. The van der Waals surface area contributed by atoms with Crippen LogP contribution in [0.2, 0.25) is 0 Å².